The van der Waals surface area contributed by atoms with Crippen molar-refractivity contribution in [2.45, 2.75) is 46.5 Å². The van der Waals surface area contributed by atoms with Crippen LogP contribution in [0.3, 0.4) is 0 Å². The summed E-state index contributed by atoms with van der Waals surface area (Å²) >= 11 is 0. The predicted molar refractivity (Wildman–Crippen MR) is 72.5 cm³/mol. The van der Waals surface area contributed by atoms with Crippen LogP contribution in [0.5, 0.6) is 0 Å². The van der Waals surface area contributed by atoms with E-state index in [1.807, 2.05) is 20.8 Å². The van der Waals surface area contributed by atoms with Crippen molar-refractivity contribution in [2.75, 3.05) is 6.54 Å². The molecule has 2 N–H and O–H groups in total. The lowest BCUT2D eigenvalue weighted by Crippen LogP contribution is -2.36. The molecule has 2 aliphatic rings. The van der Waals surface area contributed by atoms with Crippen molar-refractivity contribution in [1.29, 1.82) is 0 Å². The van der Waals surface area contributed by atoms with Crippen LogP contribution < -0.4 is 5.32 Å². The molecular formula is C15H25NO3. The first-order valence-electron chi connectivity index (χ1n) is 7.30. The smallest absolute Gasteiger partial charge is 0.308 e. The standard InChI is InChI=1S/C15H25NO3/c1-15(2,3)7-9(14(18)19)8-16-13(17)12-10-5-4-6-11(10)12/h9-12H,4-8H2,1-3H3,(H,16,17)(H,18,19). The van der Waals surface area contributed by atoms with Crippen LogP contribution in [-0.2, 0) is 9.59 Å². The lowest BCUT2D eigenvalue weighted by Gasteiger charge is -2.23. The van der Waals surface area contributed by atoms with Gasteiger partial charge < -0.3 is 10.4 Å². The maximum atomic E-state index is 12.0. The molecule has 0 aromatic carbocycles. The molecular weight excluding hydrogens is 242 g/mol. The van der Waals surface area contributed by atoms with Crippen molar-refractivity contribution >= 4 is 11.9 Å². The molecule has 4 nitrogen and oxygen atoms in total. The Morgan fingerprint density at radius 3 is 2.32 bits per heavy atom. The van der Waals surface area contributed by atoms with Gasteiger partial charge in [-0.1, -0.05) is 27.2 Å². The molecule has 3 atom stereocenters. The van der Waals surface area contributed by atoms with Crippen molar-refractivity contribution in [1.82, 2.24) is 5.32 Å². The van der Waals surface area contributed by atoms with Gasteiger partial charge in [-0.25, -0.2) is 0 Å². The van der Waals surface area contributed by atoms with E-state index in [2.05, 4.69) is 5.32 Å². The molecule has 0 saturated heterocycles. The summed E-state index contributed by atoms with van der Waals surface area (Å²) in [6.45, 7) is 6.34. The second-order valence-corrected chi connectivity index (χ2v) is 7.33. The molecule has 2 saturated carbocycles. The first kappa shape index (κ1) is 14.4. The Bertz CT molecular complexity index is 362. The van der Waals surface area contributed by atoms with Gasteiger partial charge in [-0.05, 0) is 36.5 Å². The zero-order valence-electron chi connectivity index (χ0n) is 12.1. The Balaban J connectivity index is 1.79. The van der Waals surface area contributed by atoms with Gasteiger partial charge in [0.25, 0.3) is 0 Å². The molecule has 1 amide bonds. The van der Waals surface area contributed by atoms with E-state index in [0.717, 1.165) is 0 Å². The lowest BCUT2D eigenvalue weighted by atomic mass is 9.84. The maximum Gasteiger partial charge on any atom is 0.308 e. The van der Waals surface area contributed by atoms with Crippen molar-refractivity contribution in [3.63, 3.8) is 0 Å². The highest BCUT2D eigenvalue weighted by Gasteiger charge is 2.56. The van der Waals surface area contributed by atoms with E-state index < -0.39 is 11.9 Å². The first-order chi connectivity index (χ1) is 8.79. The van der Waals surface area contributed by atoms with E-state index in [1.165, 1.54) is 19.3 Å². The number of hydrogen-bond donors (Lipinski definition) is 2. The highest BCUT2D eigenvalue weighted by Crippen LogP contribution is 2.57. The minimum Gasteiger partial charge on any atom is -0.481 e. The highest BCUT2D eigenvalue weighted by molar-refractivity contribution is 5.83. The number of fused-ring (bicyclic) bond motifs is 1. The largest absolute Gasteiger partial charge is 0.481 e. The molecule has 0 heterocycles. The number of carboxylic acids is 1. The maximum absolute atomic E-state index is 12.0. The van der Waals surface area contributed by atoms with Crippen molar-refractivity contribution in [3.05, 3.63) is 0 Å². The summed E-state index contributed by atoms with van der Waals surface area (Å²) in [6.07, 6.45) is 4.18. The molecule has 2 fully saturated rings. The molecule has 3 unspecified atom stereocenters. The van der Waals surface area contributed by atoms with Gasteiger partial charge in [-0.3, -0.25) is 9.59 Å². The number of amides is 1. The van der Waals surface area contributed by atoms with Crippen LogP contribution in [0.1, 0.15) is 46.5 Å². The number of carboxylic acid groups (broad SMARTS) is 1. The average molecular weight is 267 g/mol. The van der Waals surface area contributed by atoms with Crippen molar-refractivity contribution in [2.24, 2.45) is 29.1 Å². The molecule has 19 heavy (non-hydrogen) atoms. The number of rotatable bonds is 5. The fraction of sp³-hybridized carbons (Fsp3) is 0.867. The summed E-state index contributed by atoms with van der Waals surface area (Å²) in [7, 11) is 0. The molecule has 0 aromatic rings. The third-order valence-corrected chi connectivity index (χ3v) is 4.44. The topological polar surface area (TPSA) is 66.4 Å². The fourth-order valence-electron chi connectivity index (χ4n) is 3.54. The van der Waals surface area contributed by atoms with E-state index in [1.54, 1.807) is 0 Å². The number of nitrogens with one attached hydrogen (secondary N) is 1. The van der Waals surface area contributed by atoms with Gasteiger partial charge >= 0.3 is 5.97 Å². The number of carbonyl (C=O) groups is 2. The van der Waals surface area contributed by atoms with Crippen LogP contribution in [0.2, 0.25) is 0 Å². The fourth-order valence-corrected chi connectivity index (χ4v) is 3.54. The summed E-state index contributed by atoms with van der Waals surface area (Å²) in [5.41, 5.74) is -0.0378. The number of carbonyl (C=O) groups excluding carboxylic acids is 1. The summed E-state index contributed by atoms with van der Waals surface area (Å²) in [4.78, 5) is 23.2. The van der Waals surface area contributed by atoms with Gasteiger partial charge in [0.1, 0.15) is 0 Å². The van der Waals surface area contributed by atoms with E-state index in [9.17, 15) is 14.7 Å². The Morgan fingerprint density at radius 2 is 1.84 bits per heavy atom. The van der Waals surface area contributed by atoms with Crippen molar-refractivity contribution < 1.29 is 14.7 Å². The minimum atomic E-state index is -0.814. The predicted octanol–water partition coefficient (Wildman–Crippen LogP) is 2.29. The molecule has 2 rings (SSSR count). The second-order valence-electron chi connectivity index (χ2n) is 7.33. The normalized spacial score (nSPS) is 30.6. The van der Waals surface area contributed by atoms with E-state index in [0.29, 0.717) is 18.3 Å². The third-order valence-electron chi connectivity index (χ3n) is 4.44. The zero-order valence-corrected chi connectivity index (χ0v) is 12.1. The van der Waals surface area contributed by atoms with Crippen LogP contribution in [0.15, 0.2) is 0 Å². The van der Waals surface area contributed by atoms with E-state index in [4.69, 9.17) is 0 Å². The van der Waals surface area contributed by atoms with Gasteiger partial charge in [0.2, 0.25) is 5.91 Å². The first-order valence-corrected chi connectivity index (χ1v) is 7.30. The lowest BCUT2D eigenvalue weighted by molar-refractivity contribution is -0.142. The molecule has 0 spiro atoms. The van der Waals surface area contributed by atoms with E-state index in [-0.39, 0.29) is 23.8 Å². The minimum absolute atomic E-state index is 0.0378. The Labute approximate surface area is 115 Å². The number of hydrogen-bond acceptors (Lipinski definition) is 2. The SMILES string of the molecule is CC(C)(C)CC(CNC(=O)C1C2CCCC21)C(=O)O. The summed E-state index contributed by atoms with van der Waals surface area (Å²) in [5.74, 6) is 0.137. The second kappa shape index (κ2) is 5.14. The van der Waals surface area contributed by atoms with Gasteiger partial charge in [0.05, 0.1) is 5.92 Å². The van der Waals surface area contributed by atoms with Crippen LogP contribution in [-0.4, -0.2) is 23.5 Å². The molecule has 4 heteroatoms. The monoisotopic (exact) mass is 267 g/mol. The highest BCUT2D eigenvalue weighted by atomic mass is 16.4. The molecule has 0 bridgehead atoms. The molecule has 0 aliphatic heterocycles. The van der Waals surface area contributed by atoms with Gasteiger partial charge in [0.15, 0.2) is 0 Å². The average Bonchev–Trinajstić information content (AvgIpc) is 2.76. The van der Waals surface area contributed by atoms with Crippen LogP contribution in [0, 0.1) is 29.1 Å². The Kier molecular flexibility index (Phi) is 3.88. The van der Waals surface area contributed by atoms with Crippen LogP contribution >= 0.6 is 0 Å². The quantitative estimate of drug-likeness (QED) is 0.803. The molecule has 0 aromatic heterocycles. The zero-order chi connectivity index (χ0) is 14.2. The Morgan fingerprint density at radius 1 is 1.26 bits per heavy atom. The third kappa shape index (κ3) is 3.48. The molecule has 0 radical (unpaired) electrons. The van der Waals surface area contributed by atoms with Gasteiger partial charge in [-0.15, -0.1) is 0 Å². The van der Waals surface area contributed by atoms with Crippen LogP contribution in [0.25, 0.3) is 0 Å². The summed E-state index contributed by atoms with van der Waals surface area (Å²) in [6, 6.07) is 0. The van der Waals surface area contributed by atoms with Gasteiger partial charge in [-0.2, -0.15) is 0 Å². The number of aliphatic carboxylic acids is 1. The van der Waals surface area contributed by atoms with Crippen LogP contribution in [0.4, 0.5) is 0 Å². The Hall–Kier alpha value is -1.06. The molecule has 108 valence electrons. The summed E-state index contributed by atoms with van der Waals surface area (Å²) in [5, 5.41) is 12.1. The summed E-state index contributed by atoms with van der Waals surface area (Å²) < 4.78 is 0. The molecule has 2 aliphatic carbocycles. The van der Waals surface area contributed by atoms with Gasteiger partial charge in [0, 0.05) is 12.5 Å². The van der Waals surface area contributed by atoms with Crippen molar-refractivity contribution in [3.8, 4) is 0 Å². The van der Waals surface area contributed by atoms with E-state index >= 15 is 0 Å².